The number of nitrogens with zero attached hydrogens (tertiary/aromatic N) is 2. The first-order valence-corrected chi connectivity index (χ1v) is 7.92. The van der Waals surface area contributed by atoms with Gasteiger partial charge in [0.15, 0.2) is 5.69 Å². The molecule has 5 nitrogen and oxygen atoms in total. The van der Waals surface area contributed by atoms with Gasteiger partial charge in [-0.3, -0.25) is 4.98 Å². The fraction of sp³-hybridized carbons (Fsp3) is 0.688. The summed E-state index contributed by atoms with van der Waals surface area (Å²) in [5.41, 5.74) is 0.235. The summed E-state index contributed by atoms with van der Waals surface area (Å²) in [6, 6.07) is 0. The number of methoxy groups -OCH3 is 1. The van der Waals surface area contributed by atoms with E-state index in [1.165, 1.54) is 58.3 Å². The number of aromatic nitrogens is 2. The molecule has 1 N–H and O–H groups in total. The van der Waals surface area contributed by atoms with Gasteiger partial charge in [-0.2, -0.15) is 0 Å². The van der Waals surface area contributed by atoms with E-state index in [0.29, 0.717) is 5.82 Å². The number of hydrogen-bond donors (Lipinski definition) is 1. The maximum Gasteiger partial charge on any atom is 0.358 e. The summed E-state index contributed by atoms with van der Waals surface area (Å²) in [7, 11) is 1.34. The highest BCUT2D eigenvalue weighted by Crippen LogP contribution is 2.09. The van der Waals surface area contributed by atoms with Crippen LogP contribution >= 0.6 is 0 Å². The molecule has 1 rings (SSSR count). The zero-order valence-corrected chi connectivity index (χ0v) is 13.2. The van der Waals surface area contributed by atoms with Crippen molar-refractivity contribution >= 4 is 11.8 Å². The second-order valence-corrected chi connectivity index (χ2v) is 5.18. The van der Waals surface area contributed by atoms with Gasteiger partial charge in [-0.1, -0.05) is 51.9 Å². The lowest BCUT2D eigenvalue weighted by molar-refractivity contribution is 0.0593. The third-order valence-corrected chi connectivity index (χ3v) is 3.37. The monoisotopic (exact) mass is 293 g/mol. The molecule has 0 aliphatic rings. The Morgan fingerprint density at radius 2 is 1.76 bits per heavy atom. The molecule has 118 valence electrons. The van der Waals surface area contributed by atoms with Crippen LogP contribution in [0.3, 0.4) is 0 Å². The molecule has 0 fully saturated rings. The zero-order chi connectivity index (χ0) is 15.3. The van der Waals surface area contributed by atoms with Gasteiger partial charge in [0.25, 0.3) is 0 Å². The van der Waals surface area contributed by atoms with Gasteiger partial charge in [0, 0.05) is 6.54 Å². The van der Waals surface area contributed by atoms with E-state index in [1.807, 2.05) is 0 Å². The number of esters is 1. The molecule has 1 aromatic heterocycles. The Hall–Kier alpha value is -1.65. The number of unbranched alkanes of at least 4 members (excludes halogenated alkanes) is 7. The van der Waals surface area contributed by atoms with Crippen LogP contribution in [-0.4, -0.2) is 29.6 Å². The lowest BCUT2D eigenvalue weighted by Gasteiger charge is -2.06. The minimum atomic E-state index is -0.460. The molecule has 21 heavy (non-hydrogen) atoms. The number of nitrogens with one attached hydrogen (secondary N) is 1. The van der Waals surface area contributed by atoms with Crippen molar-refractivity contribution in [3.05, 3.63) is 18.1 Å². The van der Waals surface area contributed by atoms with Gasteiger partial charge < -0.3 is 10.1 Å². The molecule has 0 aliphatic carbocycles. The molecule has 0 saturated heterocycles. The standard InChI is InChI=1S/C16H27N3O2/c1-3-4-5-6-7-8-9-10-11-18-15-13-17-12-14(19-15)16(20)21-2/h12-13H,3-11H2,1-2H3,(H,18,19). The lowest BCUT2D eigenvalue weighted by Crippen LogP contribution is -2.09. The van der Waals surface area contributed by atoms with E-state index in [9.17, 15) is 4.79 Å². The SMILES string of the molecule is CCCCCCCCCCNc1cncc(C(=O)OC)n1. The van der Waals surface area contributed by atoms with Crippen LogP contribution in [0.5, 0.6) is 0 Å². The van der Waals surface area contributed by atoms with Gasteiger partial charge in [-0.15, -0.1) is 0 Å². The second-order valence-electron chi connectivity index (χ2n) is 5.18. The maximum atomic E-state index is 11.3. The molecule has 0 aliphatic heterocycles. The van der Waals surface area contributed by atoms with Crippen molar-refractivity contribution < 1.29 is 9.53 Å². The highest BCUT2D eigenvalue weighted by Gasteiger charge is 2.07. The first-order chi connectivity index (χ1) is 10.3. The summed E-state index contributed by atoms with van der Waals surface area (Å²) in [6.45, 7) is 3.10. The Balaban J connectivity index is 2.11. The van der Waals surface area contributed by atoms with Crippen molar-refractivity contribution in [2.45, 2.75) is 58.3 Å². The van der Waals surface area contributed by atoms with Gasteiger partial charge in [-0.25, -0.2) is 9.78 Å². The molecular formula is C16H27N3O2. The quantitative estimate of drug-likeness (QED) is 0.496. The molecule has 0 saturated carbocycles. The van der Waals surface area contributed by atoms with Gasteiger partial charge in [-0.05, 0) is 6.42 Å². The Kier molecular flexibility index (Phi) is 9.16. The molecule has 0 aromatic carbocycles. The van der Waals surface area contributed by atoms with E-state index in [1.54, 1.807) is 6.20 Å². The fourth-order valence-corrected chi connectivity index (χ4v) is 2.13. The van der Waals surface area contributed by atoms with E-state index in [4.69, 9.17) is 0 Å². The number of ether oxygens (including phenoxy) is 1. The normalized spacial score (nSPS) is 10.4. The predicted molar refractivity (Wildman–Crippen MR) is 84.5 cm³/mol. The molecule has 0 radical (unpaired) electrons. The second kappa shape index (κ2) is 11.1. The van der Waals surface area contributed by atoms with E-state index in [0.717, 1.165) is 13.0 Å². The van der Waals surface area contributed by atoms with E-state index < -0.39 is 5.97 Å². The zero-order valence-electron chi connectivity index (χ0n) is 13.2. The van der Waals surface area contributed by atoms with Crippen molar-refractivity contribution in [3.8, 4) is 0 Å². The van der Waals surface area contributed by atoms with Gasteiger partial charge in [0.05, 0.1) is 19.5 Å². The van der Waals surface area contributed by atoms with Gasteiger partial charge in [0.2, 0.25) is 0 Å². The molecule has 0 atom stereocenters. The van der Waals surface area contributed by atoms with Crippen LogP contribution in [0.25, 0.3) is 0 Å². The number of rotatable bonds is 11. The van der Waals surface area contributed by atoms with E-state index in [2.05, 4.69) is 26.9 Å². The molecular weight excluding hydrogens is 266 g/mol. The summed E-state index contributed by atoms with van der Waals surface area (Å²) in [4.78, 5) is 19.5. The molecule has 1 heterocycles. The highest BCUT2D eigenvalue weighted by molar-refractivity contribution is 5.87. The van der Waals surface area contributed by atoms with Crippen molar-refractivity contribution in [1.82, 2.24) is 9.97 Å². The van der Waals surface area contributed by atoms with Crippen LogP contribution in [0.15, 0.2) is 12.4 Å². The molecule has 0 unspecified atom stereocenters. The molecule has 1 aromatic rings. The topological polar surface area (TPSA) is 64.1 Å². The van der Waals surface area contributed by atoms with Crippen molar-refractivity contribution in [2.24, 2.45) is 0 Å². The molecule has 0 spiro atoms. The van der Waals surface area contributed by atoms with Crippen molar-refractivity contribution in [3.63, 3.8) is 0 Å². The first-order valence-electron chi connectivity index (χ1n) is 7.92. The van der Waals surface area contributed by atoms with E-state index >= 15 is 0 Å². The Morgan fingerprint density at radius 3 is 2.43 bits per heavy atom. The summed E-state index contributed by atoms with van der Waals surface area (Å²) < 4.78 is 4.62. The summed E-state index contributed by atoms with van der Waals surface area (Å²) in [6.07, 6.45) is 13.4. The number of anilines is 1. The number of carbonyl (C=O) groups is 1. The van der Waals surface area contributed by atoms with Gasteiger partial charge >= 0.3 is 5.97 Å². The third kappa shape index (κ3) is 7.63. The lowest BCUT2D eigenvalue weighted by atomic mass is 10.1. The van der Waals surface area contributed by atoms with Crippen LogP contribution in [0, 0.1) is 0 Å². The average molecular weight is 293 g/mol. The fourth-order valence-electron chi connectivity index (χ4n) is 2.13. The maximum absolute atomic E-state index is 11.3. The Labute approximate surface area is 127 Å². The molecule has 0 amide bonds. The largest absolute Gasteiger partial charge is 0.464 e. The van der Waals surface area contributed by atoms with Crippen LogP contribution in [0.1, 0.15) is 68.8 Å². The van der Waals surface area contributed by atoms with Crippen LogP contribution in [0.2, 0.25) is 0 Å². The van der Waals surface area contributed by atoms with Crippen LogP contribution in [-0.2, 0) is 4.74 Å². The van der Waals surface area contributed by atoms with Crippen LogP contribution in [0.4, 0.5) is 5.82 Å². The smallest absolute Gasteiger partial charge is 0.358 e. The van der Waals surface area contributed by atoms with E-state index in [-0.39, 0.29) is 5.69 Å². The number of carbonyl (C=O) groups excluding carboxylic acids is 1. The van der Waals surface area contributed by atoms with Crippen LogP contribution < -0.4 is 5.32 Å². The third-order valence-electron chi connectivity index (χ3n) is 3.37. The average Bonchev–Trinajstić information content (AvgIpc) is 2.53. The Morgan fingerprint density at radius 1 is 1.10 bits per heavy atom. The van der Waals surface area contributed by atoms with Gasteiger partial charge in [0.1, 0.15) is 5.82 Å². The summed E-state index contributed by atoms with van der Waals surface area (Å²) in [5, 5.41) is 3.19. The minimum Gasteiger partial charge on any atom is -0.464 e. The summed E-state index contributed by atoms with van der Waals surface area (Å²) >= 11 is 0. The predicted octanol–water partition coefficient (Wildman–Crippen LogP) is 3.82. The minimum absolute atomic E-state index is 0.235. The highest BCUT2D eigenvalue weighted by atomic mass is 16.5. The Bertz CT molecular complexity index is 410. The number of hydrogen-bond acceptors (Lipinski definition) is 5. The summed E-state index contributed by atoms with van der Waals surface area (Å²) in [5.74, 6) is 0.166. The first kappa shape index (κ1) is 17.4. The van der Waals surface area contributed by atoms with Crippen molar-refractivity contribution in [1.29, 1.82) is 0 Å². The van der Waals surface area contributed by atoms with Crippen molar-refractivity contribution in [2.75, 3.05) is 19.0 Å². The molecule has 5 heteroatoms. The molecule has 0 bridgehead atoms.